The maximum atomic E-state index is 3.43. The van der Waals surface area contributed by atoms with Gasteiger partial charge in [-0.3, -0.25) is 0 Å². The maximum Gasteiger partial charge on any atom is 0.0400 e. The van der Waals surface area contributed by atoms with Crippen LogP contribution >= 0.6 is 15.9 Å². The van der Waals surface area contributed by atoms with Crippen LogP contribution in [0.4, 0.5) is 5.69 Å². The third-order valence-corrected chi connectivity index (χ3v) is 2.96. The molecule has 0 saturated heterocycles. The zero-order chi connectivity index (χ0) is 11.4. The van der Waals surface area contributed by atoms with Gasteiger partial charge in [-0.1, -0.05) is 40.2 Å². The van der Waals surface area contributed by atoms with Crippen molar-refractivity contribution >= 4 is 21.6 Å². The Labute approximate surface area is 105 Å². The summed E-state index contributed by atoms with van der Waals surface area (Å²) in [6, 6.07) is 16.8. The van der Waals surface area contributed by atoms with E-state index >= 15 is 0 Å². The molecule has 2 heteroatoms. The standard InChI is InChI=1S/C14H14BrN/c1-11-3-2-4-14(9-11)16-10-12-5-7-13(15)8-6-12/h2-9,16H,10H2,1H3. The van der Waals surface area contributed by atoms with Crippen LogP contribution in [0, 0.1) is 6.92 Å². The molecule has 0 unspecified atom stereocenters. The van der Waals surface area contributed by atoms with Crippen molar-refractivity contribution in [2.24, 2.45) is 0 Å². The largest absolute Gasteiger partial charge is 0.381 e. The molecule has 2 aromatic carbocycles. The summed E-state index contributed by atoms with van der Waals surface area (Å²) in [5.74, 6) is 0. The van der Waals surface area contributed by atoms with Crippen LogP contribution < -0.4 is 5.32 Å². The van der Waals surface area contributed by atoms with Gasteiger partial charge in [0.25, 0.3) is 0 Å². The van der Waals surface area contributed by atoms with Crippen molar-refractivity contribution in [1.82, 2.24) is 0 Å². The zero-order valence-electron chi connectivity index (χ0n) is 9.20. The average Bonchev–Trinajstić information content (AvgIpc) is 2.28. The van der Waals surface area contributed by atoms with Crippen LogP contribution in [0.2, 0.25) is 0 Å². The van der Waals surface area contributed by atoms with Gasteiger partial charge in [0.05, 0.1) is 0 Å². The summed E-state index contributed by atoms with van der Waals surface area (Å²) >= 11 is 3.43. The Bertz CT molecular complexity index is 462. The fourth-order valence-electron chi connectivity index (χ4n) is 1.56. The van der Waals surface area contributed by atoms with Crippen LogP contribution in [0.15, 0.2) is 53.0 Å². The van der Waals surface area contributed by atoms with E-state index in [2.05, 4.69) is 76.7 Å². The van der Waals surface area contributed by atoms with E-state index in [0.29, 0.717) is 0 Å². The van der Waals surface area contributed by atoms with Crippen molar-refractivity contribution < 1.29 is 0 Å². The van der Waals surface area contributed by atoms with Crippen molar-refractivity contribution in [3.05, 3.63) is 64.1 Å². The molecule has 2 rings (SSSR count). The molecule has 0 aromatic heterocycles. The number of benzene rings is 2. The first-order chi connectivity index (χ1) is 7.74. The van der Waals surface area contributed by atoms with E-state index in [4.69, 9.17) is 0 Å². The fraction of sp³-hybridized carbons (Fsp3) is 0.143. The van der Waals surface area contributed by atoms with E-state index in [0.717, 1.165) is 11.0 Å². The van der Waals surface area contributed by atoms with E-state index < -0.39 is 0 Å². The number of rotatable bonds is 3. The van der Waals surface area contributed by atoms with Gasteiger partial charge in [-0.05, 0) is 42.3 Å². The van der Waals surface area contributed by atoms with Crippen LogP contribution in [0.5, 0.6) is 0 Å². The molecule has 0 heterocycles. The quantitative estimate of drug-likeness (QED) is 0.877. The van der Waals surface area contributed by atoms with Crippen molar-refractivity contribution in [2.45, 2.75) is 13.5 Å². The van der Waals surface area contributed by atoms with Gasteiger partial charge in [0.15, 0.2) is 0 Å². The summed E-state index contributed by atoms with van der Waals surface area (Å²) in [7, 11) is 0. The lowest BCUT2D eigenvalue weighted by molar-refractivity contribution is 1.15. The first kappa shape index (κ1) is 11.2. The lowest BCUT2D eigenvalue weighted by Crippen LogP contribution is -1.98. The number of aryl methyl sites for hydroxylation is 1. The molecule has 1 N–H and O–H groups in total. The fourth-order valence-corrected chi connectivity index (χ4v) is 1.83. The predicted molar refractivity (Wildman–Crippen MR) is 72.6 cm³/mol. The van der Waals surface area contributed by atoms with Gasteiger partial charge < -0.3 is 5.32 Å². The molecule has 0 radical (unpaired) electrons. The van der Waals surface area contributed by atoms with Crippen molar-refractivity contribution in [1.29, 1.82) is 0 Å². The molecule has 0 atom stereocenters. The van der Waals surface area contributed by atoms with Crippen LogP contribution in [-0.2, 0) is 6.54 Å². The van der Waals surface area contributed by atoms with Gasteiger partial charge in [0.2, 0.25) is 0 Å². The lowest BCUT2D eigenvalue weighted by atomic mass is 10.2. The van der Waals surface area contributed by atoms with Gasteiger partial charge in [0.1, 0.15) is 0 Å². The minimum atomic E-state index is 0.858. The Hall–Kier alpha value is -1.28. The maximum absolute atomic E-state index is 3.43. The smallest absolute Gasteiger partial charge is 0.0400 e. The van der Waals surface area contributed by atoms with Gasteiger partial charge >= 0.3 is 0 Å². The molecule has 0 saturated carbocycles. The molecule has 0 fully saturated rings. The first-order valence-electron chi connectivity index (χ1n) is 5.29. The molecular weight excluding hydrogens is 262 g/mol. The number of nitrogens with one attached hydrogen (secondary N) is 1. The second kappa shape index (κ2) is 5.17. The Morgan fingerprint density at radius 2 is 1.81 bits per heavy atom. The summed E-state index contributed by atoms with van der Waals surface area (Å²) in [5.41, 5.74) is 3.73. The van der Waals surface area contributed by atoms with E-state index in [-0.39, 0.29) is 0 Å². The normalized spacial score (nSPS) is 10.1. The predicted octanol–water partition coefficient (Wildman–Crippen LogP) is 4.37. The second-order valence-electron chi connectivity index (χ2n) is 3.85. The summed E-state index contributed by atoms with van der Waals surface area (Å²) in [6.07, 6.45) is 0. The second-order valence-corrected chi connectivity index (χ2v) is 4.77. The SMILES string of the molecule is Cc1cccc(NCc2ccc(Br)cc2)c1. The highest BCUT2D eigenvalue weighted by molar-refractivity contribution is 9.10. The van der Waals surface area contributed by atoms with Gasteiger partial charge in [-0.15, -0.1) is 0 Å². The number of anilines is 1. The Morgan fingerprint density at radius 3 is 2.50 bits per heavy atom. The molecule has 1 nitrogen and oxygen atoms in total. The molecule has 0 spiro atoms. The Morgan fingerprint density at radius 1 is 1.06 bits per heavy atom. The Kier molecular flexibility index (Phi) is 3.62. The van der Waals surface area contributed by atoms with Crippen molar-refractivity contribution in [2.75, 3.05) is 5.32 Å². The monoisotopic (exact) mass is 275 g/mol. The van der Waals surface area contributed by atoms with Gasteiger partial charge in [-0.25, -0.2) is 0 Å². The van der Waals surface area contributed by atoms with Crippen LogP contribution in [-0.4, -0.2) is 0 Å². The van der Waals surface area contributed by atoms with E-state index in [1.807, 2.05) is 0 Å². The first-order valence-corrected chi connectivity index (χ1v) is 6.08. The highest BCUT2D eigenvalue weighted by Crippen LogP contribution is 2.13. The van der Waals surface area contributed by atoms with Crippen LogP contribution in [0.25, 0.3) is 0 Å². The number of hydrogen-bond donors (Lipinski definition) is 1. The molecule has 0 aliphatic carbocycles. The summed E-state index contributed by atoms with van der Waals surface area (Å²) in [4.78, 5) is 0. The molecule has 82 valence electrons. The molecule has 2 aromatic rings. The van der Waals surface area contributed by atoms with E-state index in [1.165, 1.54) is 16.8 Å². The van der Waals surface area contributed by atoms with Crippen LogP contribution in [0.1, 0.15) is 11.1 Å². The van der Waals surface area contributed by atoms with Gasteiger partial charge in [0, 0.05) is 16.7 Å². The van der Waals surface area contributed by atoms with Crippen molar-refractivity contribution in [3.8, 4) is 0 Å². The third kappa shape index (κ3) is 3.11. The molecule has 0 aliphatic heterocycles. The topological polar surface area (TPSA) is 12.0 Å². The summed E-state index contributed by atoms with van der Waals surface area (Å²) < 4.78 is 1.12. The third-order valence-electron chi connectivity index (χ3n) is 2.43. The van der Waals surface area contributed by atoms with Crippen molar-refractivity contribution in [3.63, 3.8) is 0 Å². The van der Waals surface area contributed by atoms with Crippen LogP contribution in [0.3, 0.4) is 0 Å². The van der Waals surface area contributed by atoms with Gasteiger partial charge in [-0.2, -0.15) is 0 Å². The molecule has 0 amide bonds. The molecule has 16 heavy (non-hydrogen) atoms. The van der Waals surface area contributed by atoms with E-state index in [1.54, 1.807) is 0 Å². The zero-order valence-corrected chi connectivity index (χ0v) is 10.8. The minimum Gasteiger partial charge on any atom is -0.381 e. The Balaban J connectivity index is 1.99. The number of halogens is 1. The summed E-state index contributed by atoms with van der Waals surface area (Å²) in [6.45, 7) is 2.96. The molecule has 0 bridgehead atoms. The molecule has 0 aliphatic rings. The summed E-state index contributed by atoms with van der Waals surface area (Å²) in [5, 5.41) is 3.41. The lowest BCUT2D eigenvalue weighted by Gasteiger charge is -2.07. The minimum absolute atomic E-state index is 0.858. The highest BCUT2D eigenvalue weighted by Gasteiger charge is 1.94. The average molecular weight is 276 g/mol. The van der Waals surface area contributed by atoms with E-state index in [9.17, 15) is 0 Å². The number of hydrogen-bond acceptors (Lipinski definition) is 1. The molecular formula is C14H14BrN. The highest BCUT2D eigenvalue weighted by atomic mass is 79.9.